The summed E-state index contributed by atoms with van der Waals surface area (Å²) in [4.78, 5) is 0. The largest absolute Gasteiger partial charge is 0.508 e. The monoisotopic (exact) mass is 419 g/mol. The van der Waals surface area contributed by atoms with Gasteiger partial charge in [-0.3, -0.25) is 0 Å². The predicted molar refractivity (Wildman–Crippen MR) is 131 cm³/mol. The summed E-state index contributed by atoms with van der Waals surface area (Å²) in [5.74, 6) is 0.751. The van der Waals surface area contributed by atoms with E-state index in [9.17, 15) is 5.11 Å². The van der Waals surface area contributed by atoms with Crippen molar-refractivity contribution in [2.24, 2.45) is 0 Å². The van der Waals surface area contributed by atoms with Crippen LogP contribution < -0.4 is 5.32 Å². The first-order valence-corrected chi connectivity index (χ1v) is 11.5. The van der Waals surface area contributed by atoms with Crippen molar-refractivity contribution in [2.45, 2.75) is 31.2 Å². The van der Waals surface area contributed by atoms with Crippen LogP contribution in [0.25, 0.3) is 0 Å². The normalized spacial score (nSPS) is 17.6. The van der Waals surface area contributed by atoms with E-state index >= 15 is 0 Å². The number of hydrogen-bond donors (Lipinski definition) is 2. The Balaban J connectivity index is 1.51. The van der Waals surface area contributed by atoms with Crippen LogP contribution in [0.4, 0.5) is 0 Å². The minimum absolute atomic E-state index is 0.116. The molecule has 1 heterocycles. The Morgan fingerprint density at radius 3 is 1.84 bits per heavy atom. The van der Waals surface area contributed by atoms with Crippen molar-refractivity contribution >= 4 is 0 Å². The lowest BCUT2D eigenvalue weighted by molar-refractivity contribution is 0.408. The van der Waals surface area contributed by atoms with Gasteiger partial charge in [0.05, 0.1) is 0 Å². The van der Waals surface area contributed by atoms with E-state index in [1.165, 1.54) is 27.8 Å². The molecule has 0 aliphatic carbocycles. The number of benzene rings is 4. The van der Waals surface area contributed by atoms with Crippen LogP contribution in [0, 0.1) is 0 Å². The van der Waals surface area contributed by atoms with Crippen LogP contribution in [0.3, 0.4) is 0 Å². The Morgan fingerprint density at radius 1 is 0.656 bits per heavy atom. The molecule has 0 saturated carbocycles. The molecule has 160 valence electrons. The second-order valence-corrected chi connectivity index (χ2v) is 8.82. The smallest absolute Gasteiger partial charge is 0.120 e. The fourth-order valence-electron chi connectivity index (χ4n) is 4.97. The number of nitrogens with one attached hydrogen (secondary N) is 1. The van der Waals surface area contributed by atoms with Crippen LogP contribution in [0.2, 0.25) is 0 Å². The first kappa shape index (κ1) is 20.5. The van der Waals surface area contributed by atoms with Gasteiger partial charge in [-0.05, 0) is 53.1 Å². The quantitative estimate of drug-likeness (QED) is 0.390. The van der Waals surface area contributed by atoms with Gasteiger partial charge in [0, 0.05) is 24.1 Å². The summed E-state index contributed by atoms with van der Waals surface area (Å²) in [6.07, 6.45) is 2.67. The second-order valence-electron chi connectivity index (χ2n) is 8.82. The average Bonchev–Trinajstić information content (AvgIpc) is 2.82. The molecular weight excluding hydrogens is 390 g/mol. The van der Waals surface area contributed by atoms with Gasteiger partial charge in [-0.1, -0.05) is 97.1 Å². The van der Waals surface area contributed by atoms with Gasteiger partial charge in [0.1, 0.15) is 5.75 Å². The Kier molecular flexibility index (Phi) is 6.04. The van der Waals surface area contributed by atoms with Crippen molar-refractivity contribution in [3.05, 3.63) is 137 Å². The zero-order valence-corrected chi connectivity index (χ0v) is 18.2. The van der Waals surface area contributed by atoms with Crippen molar-refractivity contribution in [1.29, 1.82) is 0 Å². The maximum Gasteiger partial charge on any atom is 0.120 e. The van der Waals surface area contributed by atoms with E-state index in [0.29, 0.717) is 11.7 Å². The van der Waals surface area contributed by atoms with E-state index in [1.807, 2.05) is 12.1 Å². The van der Waals surface area contributed by atoms with Crippen molar-refractivity contribution in [3.63, 3.8) is 0 Å². The van der Waals surface area contributed by atoms with Crippen LogP contribution in [-0.4, -0.2) is 11.7 Å². The third-order valence-corrected chi connectivity index (χ3v) is 6.51. The highest BCUT2D eigenvalue weighted by atomic mass is 16.3. The molecule has 2 N–H and O–H groups in total. The van der Waals surface area contributed by atoms with Crippen LogP contribution in [0.1, 0.15) is 45.3 Å². The molecule has 2 unspecified atom stereocenters. The topological polar surface area (TPSA) is 32.3 Å². The van der Waals surface area contributed by atoms with Crippen LogP contribution >= 0.6 is 0 Å². The van der Waals surface area contributed by atoms with Gasteiger partial charge in [-0.2, -0.15) is 0 Å². The zero-order chi connectivity index (χ0) is 21.8. The molecule has 0 spiro atoms. The average molecular weight is 420 g/mol. The third kappa shape index (κ3) is 4.61. The number of rotatable bonds is 6. The van der Waals surface area contributed by atoms with Gasteiger partial charge >= 0.3 is 0 Å². The summed E-state index contributed by atoms with van der Waals surface area (Å²) in [7, 11) is 0. The number of phenols is 1. The maximum atomic E-state index is 11.2. The summed E-state index contributed by atoms with van der Waals surface area (Å²) >= 11 is 0. The molecule has 2 heteroatoms. The first-order valence-electron chi connectivity index (χ1n) is 11.5. The van der Waals surface area contributed by atoms with E-state index in [0.717, 1.165) is 31.4 Å². The Labute approximate surface area is 190 Å². The van der Waals surface area contributed by atoms with Gasteiger partial charge in [0.2, 0.25) is 0 Å². The summed E-state index contributed by atoms with van der Waals surface area (Å²) in [6.45, 7) is 0.910. The molecule has 0 bridgehead atoms. The molecule has 32 heavy (non-hydrogen) atoms. The third-order valence-electron chi connectivity index (χ3n) is 6.51. The molecule has 0 fully saturated rings. The fraction of sp³-hybridized carbons (Fsp3) is 0.200. The van der Waals surface area contributed by atoms with Crippen molar-refractivity contribution in [2.75, 3.05) is 6.54 Å². The van der Waals surface area contributed by atoms with E-state index in [1.54, 1.807) is 0 Å². The summed E-state index contributed by atoms with van der Waals surface area (Å²) in [5, 5.41) is 15.0. The van der Waals surface area contributed by atoms with Gasteiger partial charge in [-0.15, -0.1) is 0 Å². The number of aromatic hydroxyl groups is 1. The highest BCUT2D eigenvalue weighted by Gasteiger charge is 2.30. The lowest BCUT2D eigenvalue weighted by atomic mass is 9.80. The molecule has 5 rings (SSSR count). The van der Waals surface area contributed by atoms with Crippen LogP contribution in [0.15, 0.2) is 103 Å². The van der Waals surface area contributed by atoms with Gasteiger partial charge in [-0.25, -0.2) is 0 Å². The second kappa shape index (κ2) is 9.42. The van der Waals surface area contributed by atoms with Crippen molar-refractivity contribution in [3.8, 4) is 5.75 Å². The summed E-state index contributed by atoms with van der Waals surface area (Å²) in [6, 6.07) is 36.1. The Morgan fingerprint density at radius 2 is 1.22 bits per heavy atom. The SMILES string of the molecule is Oc1cc(Cc2ccccc2)cc2c1C(Cc1ccccc1)NCC2Cc1ccccc1. The molecule has 0 aromatic heterocycles. The summed E-state index contributed by atoms with van der Waals surface area (Å²) < 4.78 is 0. The van der Waals surface area contributed by atoms with Crippen molar-refractivity contribution in [1.82, 2.24) is 5.32 Å². The molecule has 4 aromatic carbocycles. The van der Waals surface area contributed by atoms with E-state index < -0.39 is 0 Å². The number of hydrogen-bond acceptors (Lipinski definition) is 2. The molecule has 2 atom stereocenters. The molecule has 2 nitrogen and oxygen atoms in total. The first-order chi connectivity index (χ1) is 15.8. The molecule has 4 aromatic rings. The molecule has 1 aliphatic heterocycles. The van der Waals surface area contributed by atoms with E-state index in [2.05, 4.69) is 96.3 Å². The van der Waals surface area contributed by atoms with Gasteiger partial charge in [0.15, 0.2) is 0 Å². The molecule has 0 radical (unpaired) electrons. The molecule has 1 aliphatic rings. The van der Waals surface area contributed by atoms with Gasteiger partial charge < -0.3 is 10.4 Å². The highest BCUT2D eigenvalue weighted by molar-refractivity contribution is 5.50. The fourth-order valence-corrected chi connectivity index (χ4v) is 4.97. The zero-order valence-electron chi connectivity index (χ0n) is 18.2. The van der Waals surface area contributed by atoms with Gasteiger partial charge in [0.25, 0.3) is 0 Å². The molecule has 0 saturated heterocycles. The minimum Gasteiger partial charge on any atom is -0.508 e. The number of fused-ring (bicyclic) bond motifs is 1. The Hall–Kier alpha value is -3.36. The van der Waals surface area contributed by atoms with E-state index in [4.69, 9.17) is 0 Å². The summed E-state index contributed by atoms with van der Waals surface area (Å²) in [5.41, 5.74) is 7.41. The minimum atomic E-state index is 0.116. The lowest BCUT2D eigenvalue weighted by Crippen LogP contribution is -2.35. The predicted octanol–water partition coefficient (Wildman–Crippen LogP) is 6.20. The standard InChI is InChI=1S/C30H29NO/c32-29-20-25(16-22-10-4-1-5-11-22)18-27-26(17-23-12-6-2-7-13-23)21-31-28(30(27)29)19-24-14-8-3-9-15-24/h1-15,18,20,26,28,31-32H,16-17,19,21H2. The van der Waals surface area contributed by atoms with Crippen LogP contribution in [0.5, 0.6) is 5.75 Å². The number of phenolic OH excluding ortho intramolecular Hbond substituents is 1. The van der Waals surface area contributed by atoms with Crippen molar-refractivity contribution < 1.29 is 5.11 Å². The van der Waals surface area contributed by atoms with Crippen LogP contribution in [-0.2, 0) is 19.3 Å². The lowest BCUT2D eigenvalue weighted by Gasteiger charge is -2.34. The molecule has 0 amide bonds. The maximum absolute atomic E-state index is 11.2. The van der Waals surface area contributed by atoms with E-state index in [-0.39, 0.29) is 6.04 Å². The Bertz CT molecular complexity index is 1160. The highest BCUT2D eigenvalue weighted by Crippen LogP contribution is 2.40. The molecular formula is C30H29NO.